The number of ether oxygens (including phenoxy) is 3. The second-order valence-electron chi connectivity index (χ2n) is 11.8. The molecule has 3 aliphatic carbocycles. The lowest BCUT2D eigenvalue weighted by Gasteiger charge is -2.53. The summed E-state index contributed by atoms with van der Waals surface area (Å²) in [4.78, 5) is 51.8. The maximum absolute atomic E-state index is 14.0. The van der Waals surface area contributed by atoms with Crippen LogP contribution in [0.4, 0.5) is 0 Å². The van der Waals surface area contributed by atoms with Crippen LogP contribution < -0.4 is 0 Å². The zero-order valence-electron chi connectivity index (χ0n) is 22.3. The molecule has 0 spiro atoms. The molecule has 204 valence electrons. The highest BCUT2D eigenvalue weighted by Gasteiger charge is 2.67. The Labute approximate surface area is 221 Å². The SMILES string of the molecule is COC(=O)C[C@H]1[C@@]2(C)CC(=O)[C@]1(C)[C@H]1CC[C@]3(C)C(=C1/C=C\[C@H]2OC(C)=O)[C@@H](O)C(=O)O[C@H]3c1ccoc1. The number of ketones is 1. The van der Waals surface area contributed by atoms with Crippen LogP contribution in [0, 0.1) is 28.1 Å². The van der Waals surface area contributed by atoms with Gasteiger partial charge in [0.2, 0.25) is 0 Å². The number of esters is 3. The number of allylic oxidation sites excluding steroid dienone is 2. The van der Waals surface area contributed by atoms with Crippen molar-refractivity contribution >= 4 is 23.7 Å². The van der Waals surface area contributed by atoms with Crippen LogP contribution in [-0.4, -0.2) is 48.1 Å². The topological polar surface area (TPSA) is 129 Å². The lowest BCUT2D eigenvalue weighted by molar-refractivity contribution is -0.175. The Morgan fingerprint density at radius 1 is 1.21 bits per heavy atom. The summed E-state index contributed by atoms with van der Waals surface area (Å²) in [6.07, 6.45) is 4.74. The third-order valence-electron chi connectivity index (χ3n) is 9.79. The Balaban J connectivity index is 1.76. The summed E-state index contributed by atoms with van der Waals surface area (Å²) >= 11 is 0. The van der Waals surface area contributed by atoms with Crippen LogP contribution >= 0.6 is 0 Å². The number of furan rings is 1. The predicted molar refractivity (Wildman–Crippen MR) is 132 cm³/mol. The Kier molecular flexibility index (Phi) is 6.21. The molecule has 2 fully saturated rings. The number of fused-ring (bicyclic) bond motifs is 5. The standard InChI is InChI=1S/C29H34O9/c1-15(30)37-21-7-6-17-18(29(4)19(12-22(32)35-5)28(21,3)13-20(29)31)8-10-27(2)23(17)24(33)26(34)38-25(27)16-9-11-36-14-16/h6-7,9,11,14,18-19,21,24-25,33H,8,10,12-13H2,1-5H3/b7-6-/t18-,19-,21+,24+,25-,27+,28+,29+/m0/s1. The minimum atomic E-state index is -1.53. The van der Waals surface area contributed by atoms with Crippen molar-refractivity contribution in [1.29, 1.82) is 0 Å². The van der Waals surface area contributed by atoms with Crippen molar-refractivity contribution < 1.29 is 42.9 Å². The second kappa shape index (κ2) is 8.93. The molecule has 0 radical (unpaired) electrons. The van der Waals surface area contributed by atoms with E-state index < -0.39 is 58.4 Å². The van der Waals surface area contributed by atoms with Gasteiger partial charge in [-0.15, -0.1) is 0 Å². The number of Topliss-reactive ketones (excluding diaryl/α,β-unsaturated/α-hetero) is 1. The normalized spacial score (nSPS) is 40.8. The number of cyclic esters (lactones) is 1. The predicted octanol–water partition coefficient (Wildman–Crippen LogP) is 3.62. The van der Waals surface area contributed by atoms with E-state index in [1.54, 1.807) is 12.1 Å². The molecule has 2 heterocycles. The molecule has 8 atom stereocenters. The summed E-state index contributed by atoms with van der Waals surface area (Å²) in [5.41, 5.74) is -0.817. The van der Waals surface area contributed by atoms with E-state index in [2.05, 4.69) is 0 Å². The first-order valence-corrected chi connectivity index (χ1v) is 13.0. The zero-order chi connectivity index (χ0) is 27.6. The fraction of sp³-hybridized carbons (Fsp3) is 0.586. The molecule has 1 N–H and O–H groups in total. The van der Waals surface area contributed by atoms with Gasteiger partial charge in [-0.1, -0.05) is 26.8 Å². The number of rotatable bonds is 4. The van der Waals surface area contributed by atoms with Crippen molar-refractivity contribution in [3.05, 3.63) is 47.5 Å². The van der Waals surface area contributed by atoms with Gasteiger partial charge in [-0.3, -0.25) is 14.4 Å². The number of aliphatic hydroxyl groups is 1. The molecule has 1 aromatic rings. The van der Waals surface area contributed by atoms with E-state index in [1.165, 1.54) is 26.6 Å². The molecular weight excluding hydrogens is 492 g/mol. The maximum atomic E-state index is 14.0. The first kappa shape index (κ1) is 26.4. The van der Waals surface area contributed by atoms with Crippen molar-refractivity contribution in [3.63, 3.8) is 0 Å². The van der Waals surface area contributed by atoms with Crippen LogP contribution in [0.15, 0.2) is 46.3 Å². The smallest absolute Gasteiger partial charge is 0.339 e. The van der Waals surface area contributed by atoms with E-state index in [-0.39, 0.29) is 24.5 Å². The van der Waals surface area contributed by atoms with Gasteiger partial charge in [-0.05, 0) is 48.0 Å². The Hall–Kier alpha value is -3.20. The fourth-order valence-corrected chi connectivity index (χ4v) is 7.85. The van der Waals surface area contributed by atoms with E-state index >= 15 is 0 Å². The molecule has 9 nitrogen and oxygen atoms in total. The van der Waals surface area contributed by atoms with Crippen LogP contribution in [-0.2, 0) is 33.4 Å². The van der Waals surface area contributed by atoms with Gasteiger partial charge < -0.3 is 23.7 Å². The van der Waals surface area contributed by atoms with Crippen LogP contribution in [0.25, 0.3) is 0 Å². The van der Waals surface area contributed by atoms with E-state index in [4.69, 9.17) is 18.6 Å². The first-order valence-electron chi connectivity index (χ1n) is 13.0. The highest BCUT2D eigenvalue weighted by molar-refractivity contribution is 5.91. The van der Waals surface area contributed by atoms with Crippen molar-refractivity contribution in [1.82, 2.24) is 0 Å². The molecule has 4 aliphatic rings. The number of aliphatic hydroxyl groups excluding tert-OH is 1. The fourth-order valence-electron chi connectivity index (χ4n) is 7.85. The molecule has 2 bridgehead atoms. The van der Waals surface area contributed by atoms with Gasteiger partial charge in [0.25, 0.3) is 0 Å². The molecule has 1 saturated heterocycles. The number of hydrogen-bond acceptors (Lipinski definition) is 9. The van der Waals surface area contributed by atoms with Gasteiger partial charge in [0.1, 0.15) is 18.0 Å². The average Bonchev–Trinajstić information content (AvgIpc) is 3.46. The molecule has 1 aliphatic heterocycles. The molecule has 5 rings (SSSR count). The van der Waals surface area contributed by atoms with Crippen LogP contribution in [0.3, 0.4) is 0 Å². The van der Waals surface area contributed by atoms with Crippen molar-refractivity contribution in [2.24, 2.45) is 28.1 Å². The molecule has 1 saturated carbocycles. The Morgan fingerprint density at radius 2 is 1.95 bits per heavy atom. The maximum Gasteiger partial charge on any atom is 0.339 e. The number of carbonyl (C=O) groups excluding carboxylic acids is 4. The van der Waals surface area contributed by atoms with Crippen molar-refractivity contribution in [2.75, 3.05) is 7.11 Å². The number of hydrogen-bond donors (Lipinski definition) is 1. The third-order valence-corrected chi connectivity index (χ3v) is 9.79. The first-order chi connectivity index (χ1) is 17.9. The molecule has 0 unspecified atom stereocenters. The lowest BCUT2D eigenvalue weighted by Crippen LogP contribution is -2.53. The van der Waals surface area contributed by atoms with Gasteiger partial charge in [-0.25, -0.2) is 4.79 Å². The van der Waals surface area contributed by atoms with Crippen molar-refractivity contribution in [3.8, 4) is 0 Å². The summed E-state index contributed by atoms with van der Waals surface area (Å²) in [7, 11) is 1.31. The average molecular weight is 527 g/mol. The van der Waals surface area contributed by atoms with E-state index in [1.807, 2.05) is 26.8 Å². The largest absolute Gasteiger partial charge is 0.472 e. The summed E-state index contributed by atoms with van der Waals surface area (Å²) in [5, 5.41) is 11.3. The van der Waals surface area contributed by atoms with Gasteiger partial charge in [-0.2, -0.15) is 0 Å². The van der Waals surface area contributed by atoms with Gasteiger partial charge >= 0.3 is 17.9 Å². The molecule has 9 heteroatoms. The van der Waals surface area contributed by atoms with Crippen LogP contribution in [0.2, 0.25) is 0 Å². The number of carbonyl (C=O) groups is 4. The quantitative estimate of drug-likeness (QED) is 0.462. The van der Waals surface area contributed by atoms with E-state index in [0.717, 1.165) is 0 Å². The molecular formula is C29H34O9. The van der Waals surface area contributed by atoms with Crippen molar-refractivity contribution in [2.45, 2.75) is 71.7 Å². The number of methoxy groups -OCH3 is 1. The highest BCUT2D eigenvalue weighted by Crippen LogP contribution is 2.66. The molecule has 0 aromatic carbocycles. The third kappa shape index (κ3) is 3.61. The van der Waals surface area contributed by atoms with Gasteiger partial charge in [0.05, 0.1) is 19.6 Å². The monoisotopic (exact) mass is 526 g/mol. The van der Waals surface area contributed by atoms with Crippen LogP contribution in [0.1, 0.15) is 65.0 Å². The zero-order valence-corrected chi connectivity index (χ0v) is 22.3. The van der Waals surface area contributed by atoms with E-state index in [9.17, 15) is 24.3 Å². The molecule has 1 aromatic heterocycles. The minimum absolute atomic E-state index is 0.0283. The Morgan fingerprint density at radius 3 is 2.58 bits per heavy atom. The lowest BCUT2D eigenvalue weighted by atomic mass is 9.52. The summed E-state index contributed by atoms with van der Waals surface area (Å²) in [6, 6.07) is 1.74. The Bertz CT molecular complexity index is 1240. The molecule has 0 amide bonds. The van der Waals surface area contributed by atoms with Crippen LogP contribution in [0.5, 0.6) is 0 Å². The van der Waals surface area contributed by atoms with Gasteiger partial charge in [0, 0.05) is 41.6 Å². The second-order valence-corrected chi connectivity index (χ2v) is 11.8. The summed E-state index contributed by atoms with van der Waals surface area (Å²) in [5.74, 6) is -2.67. The van der Waals surface area contributed by atoms with E-state index in [0.29, 0.717) is 29.6 Å². The summed E-state index contributed by atoms with van der Waals surface area (Å²) in [6.45, 7) is 7.01. The molecule has 38 heavy (non-hydrogen) atoms. The summed E-state index contributed by atoms with van der Waals surface area (Å²) < 4.78 is 21.8. The van der Waals surface area contributed by atoms with Gasteiger partial charge in [0.15, 0.2) is 6.10 Å². The minimum Gasteiger partial charge on any atom is -0.472 e. The highest BCUT2D eigenvalue weighted by atomic mass is 16.6.